The minimum atomic E-state index is -0.264. The molecule has 0 aromatic carbocycles. The van der Waals surface area contributed by atoms with Crippen LogP contribution in [-0.4, -0.2) is 5.97 Å². The first-order valence-corrected chi connectivity index (χ1v) is 6.12. The number of rotatable bonds is 2. The number of hydrogen-bond donors (Lipinski definition) is 0. The topological polar surface area (TPSA) is 26.3 Å². The second-order valence-electron chi connectivity index (χ2n) is 2.52. The van der Waals surface area contributed by atoms with Crippen LogP contribution in [0.1, 0.15) is 19.8 Å². The summed E-state index contributed by atoms with van der Waals surface area (Å²) in [5, 5.41) is 0. The first kappa shape index (κ1) is 11.5. The summed E-state index contributed by atoms with van der Waals surface area (Å²) in [6, 6.07) is 0. The van der Waals surface area contributed by atoms with Gasteiger partial charge < -0.3 is 4.74 Å². The number of ether oxygens (including phenoxy) is 1. The summed E-state index contributed by atoms with van der Waals surface area (Å²) in [6.45, 7) is 2.02. The Balaban J connectivity index is 3.04. The Morgan fingerprint density at radius 2 is 2.08 bits per heavy atom. The Morgan fingerprint density at radius 3 is 2.46 bits per heavy atom. The number of allylic oxidation sites excluding steroid dienone is 1. The third kappa shape index (κ3) is 2.44. The zero-order chi connectivity index (χ0) is 10.0. The van der Waals surface area contributed by atoms with E-state index >= 15 is 0 Å². The smallest absolute Gasteiger partial charge is 0.340 e. The van der Waals surface area contributed by atoms with Crippen LogP contribution in [0.15, 0.2) is 19.2 Å². The van der Waals surface area contributed by atoms with Crippen molar-refractivity contribution >= 4 is 53.8 Å². The molecule has 1 heterocycles. The average molecular weight is 375 g/mol. The zero-order valence-electron chi connectivity index (χ0n) is 6.86. The van der Waals surface area contributed by atoms with E-state index in [0.717, 1.165) is 17.3 Å². The third-order valence-corrected chi connectivity index (χ3v) is 3.14. The maximum Gasteiger partial charge on any atom is 0.340 e. The minimum Gasteiger partial charge on any atom is -0.420 e. The summed E-state index contributed by atoms with van der Waals surface area (Å²) in [7, 11) is 0. The van der Waals surface area contributed by atoms with E-state index in [4.69, 9.17) is 4.74 Å². The minimum absolute atomic E-state index is 0.264. The van der Waals surface area contributed by atoms with Crippen molar-refractivity contribution in [3.05, 3.63) is 19.2 Å². The normalized spacial score (nSPS) is 16.6. The van der Waals surface area contributed by atoms with Gasteiger partial charge in [0.25, 0.3) is 0 Å². The lowest BCUT2D eigenvalue weighted by atomic mass is 10.1. The molecule has 1 aliphatic heterocycles. The predicted molar refractivity (Wildman–Crippen MR) is 61.8 cm³/mol. The van der Waals surface area contributed by atoms with Gasteiger partial charge in [0.05, 0.1) is 10.1 Å². The molecule has 0 atom stereocenters. The van der Waals surface area contributed by atoms with Crippen LogP contribution >= 0.6 is 47.8 Å². The number of carbonyl (C=O) groups is 1. The average Bonchev–Trinajstić information content (AvgIpc) is 2.32. The van der Waals surface area contributed by atoms with Crippen molar-refractivity contribution in [1.82, 2.24) is 0 Å². The Labute approximate surface area is 102 Å². The monoisotopic (exact) mass is 372 g/mol. The van der Waals surface area contributed by atoms with Gasteiger partial charge in [-0.1, -0.05) is 13.3 Å². The van der Waals surface area contributed by atoms with Gasteiger partial charge in [0, 0.05) is 0 Å². The van der Waals surface area contributed by atoms with Gasteiger partial charge in [-0.2, -0.15) is 0 Å². The summed E-state index contributed by atoms with van der Waals surface area (Å²) < 4.78 is 6.41. The Bertz CT molecular complexity index is 301. The van der Waals surface area contributed by atoms with Crippen LogP contribution in [0.3, 0.4) is 0 Å². The third-order valence-electron chi connectivity index (χ3n) is 1.58. The highest BCUT2D eigenvalue weighted by Crippen LogP contribution is 2.38. The molecule has 0 aromatic heterocycles. The molecule has 0 bridgehead atoms. The zero-order valence-corrected chi connectivity index (χ0v) is 11.6. The molecule has 0 spiro atoms. The van der Waals surface area contributed by atoms with Gasteiger partial charge in [-0.05, 0) is 54.2 Å². The number of hydrogen-bond acceptors (Lipinski definition) is 2. The van der Waals surface area contributed by atoms with Crippen LogP contribution in [0, 0.1) is 0 Å². The van der Waals surface area contributed by atoms with Crippen molar-refractivity contribution in [3.63, 3.8) is 0 Å². The van der Waals surface area contributed by atoms with Gasteiger partial charge in [0.1, 0.15) is 3.39 Å². The van der Waals surface area contributed by atoms with Gasteiger partial charge >= 0.3 is 5.97 Å². The van der Waals surface area contributed by atoms with E-state index in [-0.39, 0.29) is 5.97 Å². The summed E-state index contributed by atoms with van der Waals surface area (Å²) in [6.07, 6.45) is 1.66. The number of halogens is 3. The largest absolute Gasteiger partial charge is 0.420 e. The lowest BCUT2D eigenvalue weighted by Gasteiger charge is -1.95. The quantitative estimate of drug-likeness (QED) is 0.684. The second kappa shape index (κ2) is 4.75. The van der Waals surface area contributed by atoms with Crippen LogP contribution in [0.5, 0.6) is 0 Å². The Hall–Kier alpha value is 0.390. The van der Waals surface area contributed by atoms with Crippen molar-refractivity contribution in [2.75, 3.05) is 0 Å². The van der Waals surface area contributed by atoms with Gasteiger partial charge in [-0.3, -0.25) is 0 Å². The predicted octanol–water partition coefficient (Wildman–Crippen LogP) is 3.95. The van der Waals surface area contributed by atoms with Gasteiger partial charge in [-0.15, -0.1) is 0 Å². The molecule has 0 aliphatic carbocycles. The molecule has 0 saturated carbocycles. The van der Waals surface area contributed by atoms with Crippen molar-refractivity contribution in [1.29, 1.82) is 0 Å². The molecular weight excluding hydrogens is 368 g/mol. The van der Waals surface area contributed by atoms with Crippen molar-refractivity contribution < 1.29 is 9.53 Å². The van der Waals surface area contributed by atoms with Crippen molar-refractivity contribution in [2.45, 2.75) is 19.8 Å². The van der Waals surface area contributed by atoms with Gasteiger partial charge in [0.15, 0.2) is 5.76 Å². The lowest BCUT2D eigenvalue weighted by Crippen LogP contribution is -1.98. The summed E-state index contributed by atoms with van der Waals surface area (Å²) in [4.78, 5) is 11.3. The Kier molecular flexibility index (Phi) is 4.19. The second-order valence-corrected chi connectivity index (χ2v) is 5.96. The van der Waals surface area contributed by atoms with E-state index in [1.54, 1.807) is 0 Å². The summed E-state index contributed by atoms with van der Waals surface area (Å²) >= 11 is 9.73. The molecule has 5 heteroatoms. The van der Waals surface area contributed by atoms with Crippen LogP contribution in [0.4, 0.5) is 0 Å². The highest BCUT2D eigenvalue weighted by atomic mass is 79.9. The maximum atomic E-state index is 11.3. The molecule has 0 fully saturated rings. The molecule has 0 amide bonds. The van der Waals surface area contributed by atoms with Crippen molar-refractivity contribution in [2.24, 2.45) is 0 Å². The fourth-order valence-corrected chi connectivity index (χ4v) is 2.74. The summed E-state index contributed by atoms with van der Waals surface area (Å²) in [5.41, 5.74) is 0.703. The van der Waals surface area contributed by atoms with E-state index in [1.165, 1.54) is 0 Å². The van der Waals surface area contributed by atoms with Crippen LogP contribution in [0.25, 0.3) is 0 Å². The van der Waals surface area contributed by atoms with Crippen LogP contribution < -0.4 is 0 Å². The molecule has 0 unspecified atom stereocenters. The van der Waals surface area contributed by atoms with E-state index in [0.29, 0.717) is 14.7 Å². The SMILES string of the molecule is CCCC1=C(Br)C(=C(Br)Br)OC1=O. The summed E-state index contributed by atoms with van der Waals surface area (Å²) in [5.74, 6) is 0.258. The van der Waals surface area contributed by atoms with Gasteiger partial charge in [-0.25, -0.2) is 4.79 Å². The highest BCUT2D eigenvalue weighted by molar-refractivity contribution is 9.28. The van der Waals surface area contributed by atoms with Crippen molar-refractivity contribution in [3.8, 4) is 0 Å². The molecule has 1 aliphatic rings. The fraction of sp³-hybridized carbons (Fsp3) is 0.375. The number of cyclic esters (lactones) is 1. The molecular formula is C8H7Br3O2. The first-order valence-electron chi connectivity index (χ1n) is 3.74. The van der Waals surface area contributed by atoms with Crippen LogP contribution in [0.2, 0.25) is 0 Å². The molecule has 0 N–H and O–H groups in total. The lowest BCUT2D eigenvalue weighted by molar-refractivity contribution is -0.133. The van der Waals surface area contributed by atoms with E-state index < -0.39 is 0 Å². The van der Waals surface area contributed by atoms with E-state index in [1.807, 2.05) is 6.92 Å². The van der Waals surface area contributed by atoms with Crippen LogP contribution in [-0.2, 0) is 9.53 Å². The molecule has 72 valence electrons. The first-order chi connectivity index (χ1) is 6.07. The number of carbonyl (C=O) groups excluding carboxylic acids is 1. The van der Waals surface area contributed by atoms with E-state index in [2.05, 4.69) is 47.8 Å². The van der Waals surface area contributed by atoms with Gasteiger partial charge in [0.2, 0.25) is 0 Å². The molecule has 0 saturated heterocycles. The molecule has 0 radical (unpaired) electrons. The maximum absolute atomic E-state index is 11.3. The number of esters is 1. The highest BCUT2D eigenvalue weighted by Gasteiger charge is 2.28. The molecule has 0 aromatic rings. The fourth-order valence-electron chi connectivity index (χ4n) is 1.01. The standard InChI is InChI=1S/C8H7Br3O2/c1-2-3-4-5(9)6(7(10)11)13-8(4)12/h2-3H2,1H3. The molecule has 2 nitrogen and oxygen atoms in total. The Morgan fingerprint density at radius 1 is 1.46 bits per heavy atom. The van der Waals surface area contributed by atoms with E-state index in [9.17, 15) is 4.79 Å². The molecule has 1 rings (SSSR count). The molecule has 13 heavy (non-hydrogen) atoms.